The first-order valence-corrected chi connectivity index (χ1v) is 6.78. The maximum Gasteiger partial charge on any atom is 0.241 e. The van der Waals surface area contributed by atoms with Gasteiger partial charge in [0.15, 0.2) is 0 Å². The average molecular weight is 240 g/mol. The van der Waals surface area contributed by atoms with Gasteiger partial charge in [0.1, 0.15) is 0 Å². The van der Waals surface area contributed by atoms with Crippen molar-refractivity contribution >= 4 is 5.91 Å². The highest BCUT2D eigenvalue weighted by atomic mass is 16.5. The summed E-state index contributed by atoms with van der Waals surface area (Å²) in [6, 6.07) is 0.0161. The van der Waals surface area contributed by atoms with Crippen molar-refractivity contribution in [1.82, 2.24) is 10.2 Å². The van der Waals surface area contributed by atoms with E-state index in [1.807, 2.05) is 4.90 Å². The number of rotatable bonds is 7. The molecular weight excluding hydrogens is 216 g/mol. The van der Waals surface area contributed by atoms with Crippen molar-refractivity contribution in [1.29, 1.82) is 0 Å². The summed E-state index contributed by atoms with van der Waals surface area (Å²) >= 11 is 0. The van der Waals surface area contributed by atoms with Gasteiger partial charge < -0.3 is 9.64 Å². The van der Waals surface area contributed by atoms with E-state index in [-0.39, 0.29) is 11.9 Å². The molecule has 2 aliphatic rings. The average Bonchev–Trinajstić information content (AvgIpc) is 3.03. The van der Waals surface area contributed by atoms with Crippen LogP contribution in [0.2, 0.25) is 0 Å². The largest absolute Gasteiger partial charge is 0.381 e. The molecule has 1 atom stereocenters. The standard InChI is InChI=1S/C13H24N2O2/c1-10(2)12-13(16)15(9-14-12)6-3-7-17-8-11-4-5-11/h10-12,14H,3-9H2,1-2H3. The van der Waals surface area contributed by atoms with Gasteiger partial charge in [0, 0.05) is 19.8 Å². The molecule has 2 rings (SSSR count). The number of amides is 1. The third-order valence-corrected chi connectivity index (χ3v) is 3.51. The number of ether oxygens (including phenoxy) is 1. The van der Waals surface area contributed by atoms with Crippen LogP contribution in [0.5, 0.6) is 0 Å². The molecule has 0 radical (unpaired) electrons. The third-order valence-electron chi connectivity index (χ3n) is 3.51. The van der Waals surface area contributed by atoms with Gasteiger partial charge in [-0.15, -0.1) is 0 Å². The van der Waals surface area contributed by atoms with E-state index in [0.717, 1.165) is 32.1 Å². The fourth-order valence-electron chi connectivity index (χ4n) is 2.17. The van der Waals surface area contributed by atoms with Crippen LogP contribution >= 0.6 is 0 Å². The van der Waals surface area contributed by atoms with Crippen LogP contribution in [0, 0.1) is 11.8 Å². The zero-order valence-electron chi connectivity index (χ0n) is 10.9. The van der Waals surface area contributed by atoms with Crippen LogP contribution in [0.4, 0.5) is 0 Å². The molecule has 4 nitrogen and oxygen atoms in total. The summed E-state index contributed by atoms with van der Waals surface area (Å²) in [6.45, 7) is 7.38. The Morgan fingerprint density at radius 2 is 2.24 bits per heavy atom. The Morgan fingerprint density at radius 3 is 2.82 bits per heavy atom. The minimum atomic E-state index is 0.0161. The molecule has 0 bridgehead atoms. The van der Waals surface area contributed by atoms with Crippen molar-refractivity contribution in [3.05, 3.63) is 0 Å². The van der Waals surface area contributed by atoms with Gasteiger partial charge in [-0.05, 0) is 31.1 Å². The number of nitrogens with zero attached hydrogens (tertiary/aromatic N) is 1. The third kappa shape index (κ3) is 3.68. The zero-order valence-corrected chi connectivity index (χ0v) is 10.9. The van der Waals surface area contributed by atoms with E-state index in [2.05, 4.69) is 19.2 Å². The zero-order chi connectivity index (χ0) is 12.3. The number of carbonyl (C=O) groups excluding carboxylic acids is 1. The van der Waals surface area contributed by atoms with E-state index in [4.69, 9.17) is 4.74 Å². The second kappa shape index (κ2) is 5.83. The summed E-state index contributed by atoms with van der Waals surface area (Å²) in [7, 11) is 0. The van der Waals surface area contributed by atoms with Crippen LogP contribution in [0.25, 0.3) is 0 Å². The second-order valence-corrected chi connectivity index (χ2v) is 5.56. The molecule has 0 spiro atoms. The van der Waals surface area contributed by atoms with Crippen LogP contribution in [0.15, 0.2) is 0 Å². The minimum Gasteiger partial charge on any atom is -0.381 e. The van der Waals surface area contributed by atoms with Crippen molar-refractivity contribution in [2.45, 2.75) is 39.2 Å². The number of hydrogen-bond acceptors (Lipinski definition) is 3. The van der Waals surface area contributed by atoms with Gasteiger partial charge in [0.25, 0.3) is 0 Å². The molecule has 1 N–H and O–H groups in total. The van der Waals surface area contributed by atoms with E-state index < -0.39 is 0 Å². The number of nitrogens with one attached hydrogen (secondary N) is 1. The fraction of sp³-hybridized carbons (Fsp3) is 0.923. The summed E-state index contributed by atoms with van der Waals surface area (Å²) in [5.41, 5.74) is 0. The van der Waals surface area contributed by atoms with E-state index >= 15 is 0 Å². The van der Waals surface area contributed by atoms with Crippen molar-refractivity contribution < 1.29 is 9.53 Å². The molecule has 1 heterocycles. The lowest BCUT2D eigenvalue weighted by atomic mass is 10.1. The highest BCUT2D eigenvalue weighted by Crippen LogP contribution is 2.28. The minimum absolute atomic E-state index is 0.0161. The molecule has 1 aliphatic carbocycles. The molecule has 2 fully saturated rings. The van der Waals surface area contributed by atoms with Crippen LogP contribution in [0.3, 0.4) is 0 Å². The second-order valence-electron chi connectivity index (χ2n) is 5.56. The quantitative estimate of drug-likeness (QED) is 0.680. The highest BCUT2D eigenvalue weighted by molar-refractivity contribution is 5.83. The first-order valence-electron chi connectivity index (χ1n) is 6.78. The van der Waals surface area contributed by atoms with Gasteiger partial charge in [0.2, 0.25) is 5.91 Å². The van der Waals surface area contributed by atoms with Crippen molar-refractivity contribution in [3.63, 3.8) is 0 Å². The summed E-state index contributed by atoms with van der Waals surface area (Å²) in [5, 5.41) is 3.26. The molecule has 17 heavy (non-hydrogen) atoms. The van der Waals surface area contributed by atoms with E-state index in [1.54, 1.807) is 0 Å². The molecule has 98 valence electrons. The van der Waals surface area contributed by atoms with E-state index in [9.17, 15) is 4.79 Å². The lowest BCUT2D eigenvalue weighted by molar-refractivity contribution is -0.129. The molecule has 1 aliphatic heterocycles. The van der Waals surface area contributed by atoms with Crippen molar-refractivity contribution in [3.8, 4) is 0 Å². The maximum absolute atomic E-state index is 12.0. The lowest BCUT2D eigenvalue weighted by Gasteiger charge is -2.16. The number of hydrogen-bond donors (Lipinski definition) is 1. The van der Waals surface area contributed by atoms with Gasteiger partial charge in [-0.1, -0.05) is 13.8 Å². The maximum atomic E-state index is 12.0. The summed E-state index contributed by atoms with van der Waals surface area (Å²) in [5.74, 6) is 1.45. The molecule has 1 unspecified atom stereocenters. The Morgan fingerprint density at radius 1 is 1.47 bits per heavy atom. The van der Waals surface area contributed by atoms with Gasteiger partial charge in [-0.3, -0.25) is 10.1 Å². The first kappa shape index (κ1) is 12.8. The van der Waals surface area contributed by atoms with Crippen LogP contribution in [-0.4, -0.2) is 43.3 Å². The van der Waals surface area contributed by atoms with Gasteiger partial charge >= 0.3 is 0 Å². The summed E-state index contributed by atoms with van der Waals surface area (Å²) < 4.78 is 5.57. The van der Waals surface area contributed by atoms with E-state index in [0.29, 0.717) is 12.6 Å². The van der Waals surface area contributed by atoms with Crippen LogP contribution in [-0.2, 0) is 9.53 Å². The van der Waals surface area contributed by atoms with Crippen LogP contribution < -0.4 is 5.32 Å². The van der Waals surface area contributed by atoms with Gasteiger partial charge in [-0.2, -0.15) is 0 Å². The molecule has 1 saturated heterocycles. The smallest absolute Gasteiger partial charge is 0.241 e. The molecule has 1 saturated carbocycles. The Hall–Kier alpha value is -0.610. The topological polar surface area (TPSA) is 41.6 Å². The molecule has 0 aromatic carbocycles. The highest BCUT2D eigenvalue weighted by Gasteiger charge is 2.32. The van der Waals surface area contributed by atoms with Gasteiger partial charge in [-0.25, -0.2) is 0 Å². The molecule has 0 aromatic heterocycles. The molecule has 0 aromatic rings. The van der Waals surface area contributed by atoms with Crippen molar-refractivity contribution in [2.24, 2.45) is 11.8 Å². The van der Waals surface area contributed by atoms with Crippen molar-refractivity contribution in [2.75, 3.05) is 26.4 Å². The Bertz CT molecular complexity index is 264. The lowest BCUT2D eigenvalue weighted by Crippen LogP contribution is -2.35. The first-order chi connectivity index (χ1) is 8.18. The monoisotopic (exact) mass is 240 g/mol. The Labute approximate surface area is 104 Å². The summed E-state index contributed by atoms with van der Waals surface area (Å²) in [4.78, 5) is 13.9. The van der Waals surface area contributed by atoms with Crippen LogP contribution in [0.1, 0.15) is 33.1 Å². The Balaban J connectivity index is 1.57. The molecule has 4 heteroatoms. The predicted octanol–water partition coefficient (Wildman–Crippen LogP) is 1.22. The summed E-state index contributed by atoms with van der Waals surface area (Å²) in [6.07, 6.45) is 3.63. The number of carbonyl (C=O) groups is 1. The molecular formula is C13H24N2O2. The predicted molar refractivity (Wildman–Crippen MR) is 66.5 cm³/mol. The normalized spacial score (nSPS) is 25.0. The SMILES string of the molecule is CC(C)C1NCN(CCCOCC2CC2)C1=O. The molecule has 1 amide bonds. The van der Waals surface area contributed by atoms with Gasteiger partial charge in [0.05, 0.1) is 12.7 Å². The fourth-order valence-corrected chi connectivity index (χ4v) is 2.17. The van der Waals surface area contributed by atoms with E-state index in [1.165, 1.54) is 12.8 Å². The Kier molecular flexibility index (Phi) is 4.40.